The van der Waals surface area contributed by atoms with E-state index < -0.39 is 45.3 Å². The number of anilines is 1. The van der Waals surface area contributed by atoms with Gasteiger partial charge in [-0.3, -0.25) is 19.3 Å². The van der Waals surface area contributed by atoms with Crippen LogP contribution in [0.2, 0.25) is 0 Å². The van der Waals surface area contributed by atoms with Crippen LogP contribution in [0.1, 0.15) is 34.9 Å². The van der Waals surface area contributed by atoms with E-state index in [0.29, 0.717) is 28.0 Å². The molecule has 3 aromatic rings. The average molecular weight is 496 g/mol. The predicted octanol–water partition coefficient (Wildman–Crippen LogP) is 3.90. The summed E-state index contributed by atoms with van der Waals surface area (Å²) in [5, 5.41) is 6.35. The van der Waals surface area contributed by atoms with Crippen LogP contribution in [-0.2, 0) is 24.1 Å². The zero-order valence-corrected chi connectivity index (χ0v) is 19.7. The minimum absolute atomic E-state index is 0.202. The molecule has 2 heterocycles. The standard InChI is InChI=1S/C25H19Cl2N3O4/c1-12-11-18(29-34-12)28-21(31)13(2)30-22(32)19-20(23(30)33)25(27)15-8-4-3-7-14(15)24(19,26)16-9-5-6-10-17(16)25/h3-11,13,19-20H,1-2H3,(H,28,29,31)/t13-,19-,20-,24?,25?/m0/s1. The summed E-state index contributed by atoms with van der Waals surface area (Å²) in [6, 6.07) is 15.2. The van der Waals surface area contributed by atoms with Crippen LogP contribution in [0.4, 0.5) is 5.82 Å². The summed E-state index contributed by atoms with van der Waals surface area (Å²) < 4.78 is 4.98. The smallest absolute Gasteiger partial charge is 0.248 e. The Balaban J connectivity index is 1.47. The summed E-state index contributed by atoms with van der Waals surface area (Å²) in [4.78, 5) is 39.1. The number of hydrogen-bond acceptors (Lipinski definition) is 5. The SMILES string of the molecule is Cc1cc(NC(=O)[C@H](C)N2C(=O)[C@@H]3[C@@H](C2=O)C2(Cl)c4ccccc4C3(Cl)c3ccccc32)no1. The van der Waals surface area contributed by atoms with Crippen molar-refractivity contribution in [2.24, 2.45) is 11.8 Å². The lowest BCUT2D eigenvalue weighted by Gasteiger charge is -2.54. The maximum absolute atomic E-state index is 13.9. The molecule has 7 nitrogen and oxygen atoms in total. The van der Waals surface area contributed by atoms with Crippen LogP contribution >= 0.6 is 23.2 Å². The molecule has 2 aromatic carbocycles. The summed E-state index contributed by atoms with van der Waals surface area (Å²) >= 11 is 14.8. The van der Waals surface area contributed by atoms with Gasteiger partial charge in [-0.15, -0.1) is 23.2 Å². The van der Waals surface area contributed by atoms with Crippen molar-refractivity contribution in [1.82, 2.24) is 10.1 Å². The highest BCUT2D eigenvalue weighted by Gasteiger charge is 2.73. The van der Waals surface area contributed by atoms with Crippen LogP contribution in [0, 0.1) is 18.8 Å². The van der Waals surface area contributed by atoms with Crippen LogP contribution in [0.15, 0.2) is 59.1 Å². The molecule has 0 radical (unpaired) electrons. The first-order valence-electron chi connectivity index (χ1n) is 10.9. The number of nitrogens with zero attached hydrogens (tertiary/aromatic N) is 2. The van der Waals surface area contributed by atoms with Crippen molar-refractivity contribution in [3.05, 3.63) is 82.6 Å². The zero-order valence-electron chi connectivity index (χ0n) is 18.2. The van der Waals surface area contributed by atoms with Crippen LogP contribution in [0.25, 0.3) is 0 Å². The lowest BCUT2D eigenvalue weighted by Crippen LogP contribution is -2.57. The lowest BCUT2D eigenvalue weighted by atomic mass is 9.54. The Hall–Kier alpha value is -3.16. The van der Waals surface area contributed by atoms with Gasteiger partial charge in [0.25, 0.3) is 0 Å². The van der Waals surface area contributed by atoms with E-state index in [4.69, 9.17) is 27.7 Å². The molecular weight excluding hydrogens is 477 g/mol. The number of likely N-dealkylation sites (tertiary alicyclic amines) is 1. The molecule has 2 bridgehead atoms. The normalized spacial score (nSPS) is 29.5. The summed E-state index contributed by atoms with van der Waals surface area (Å²) in [7, 11) is 0. The fourth-order valence-electron chi connectivity index (χ4n) is 5.84. The molecular formula is C25H19Cl2N3O4. The number of benzene rings is 2. The largest absolute Gasteiger partial charge is 0.360 e. The number of amides is 3. The highest BCUT2D eigenvalue weighted by Crippen LogP contribution is 2.69. The molecule has 0 spiro atoms. The predicted molar refractivity (Wildman–Crippen MR) is 124 cm³/mol. The number of aromatic nitrogens is 1. The molecule has 7 rings (SSSR count). The number of halogens is 2. The van der Waals surface area contributed by atoms with E-state index in [1.54, 1.807) is 13.0 Å². The first-order chi connectivity index (χ1) is 16.2. The molecule has 1 fully saturated rings. The van der Waals surface area contributed by atoms with Gasteiger partial charge in [-0.25, -0.2) is 0 Å². The van der Waals surface area contributed by atoms with Crippen molar-refractivity contribution in [2.75, 3.05) is 5.32 Å². The van der Waals surface area contributed by atoms with E-state index in [0.717, 1.165) is 4.90 Å². The van der Waals surface area contributed by atoms with Gasteiger partial charge in [0.1, 0.15) is 21.6 Å². The van der Waals surface area contributed by atoms with Crippen LogP contribution in [0.3, 0.4) is 0 Å². The monoisotopic (exact) mass is 495 g/mol. The summed E-state index contributed by atoms with van der Waals surface area (Å²) in [6.45, 7) is 3.19. The van der Waals surface area contributed by atoms with E-state index in [-0.39, 0.29) is 5.82 Å². The third-order valence-electron chi connectivity index (χ3n) is 7.27. The maximum atomic E-state index is 13.9. The van der Waals surface area contributed by atoms with E-state index in [1.807, 2.05) is 48.5 Å². The van der Waals surface area contributed by atoms with Gasteiger partial charge >= 0.3 is 0 Å². The number of nitrogens with one attached hydrogen (secondary N) is 1. The van der Waals surface area contributed by atoms with Gasteiger partial charge in [0, 0.05) is 6.07 Å². The van der Waals surface area contributed by atoms with Crippen molar-refractivity contribution < 1.29 is 18.9 Å². The first kappa shape index (κ1) is 21.4. The quantitative estimate of drug-likeness (QED) is 0.439. The van der Waals surface area contributed by atoms with Gasteiger partial charge in [0.05, 0.1) is 11.8 Å². The molecule has 0 unspecified atom stereocenters. The van der Waals surface area contributed by atoms with Crippen molar-refractivity contribution in [1.29, 1.82) is 0 Å². The van der Waals surface area contributed by atoms with Gasteiger partial charge in [0.2, 0.25) is 17.7 Å². The molecule has 1 N–H and O–H groups in total. The van der Waals surface area contributed by atoms with Crippen molar-refractivity contribution in [3.8, 4) is 0 Å². The molecule has 1 aromatic heterocycles. The number of aryl methyl sites for hydroxylation is 1. The van der Waals surface area contributed by atoms with Gasteiger partial charge in [-0.1, -0.05) is 53.7 Å². The number of alkyl halides is 2. The maximum Gasteiger partial charge on any atom is 0.248 e. The third kappa shape index (κ3) is 2.43. The first-order valence-corrected chi connectivity index (χ1v) is 11.6. The molecule has 1 saturated heterocycles. The molecule has 9 heteroatoms. The number of carbonyl (C=O) groups excluding carboxylic acids is 3. The highest BCUT2D eigenvalue weighted by molar-refractivity contribution is 6.36. The Labute approximate surface area is 205 Å². The van der Waals surface area contributed by atoms with E-state index in [1.165, 1.54) is 6.92 Å². The van der Waals surface area contributed by atoms with Gasteiger partial charge in [-0.2, -0.15) is 0 Å². The van der Waals surface area contributed by atoms with E-state index in [9.17, 15) is 14.4 Å². The number of rotatable bonds is 3. The molecule has 0 saturated carbocycles. The number of hydrogen-bond donors (Lipinski definition) is 1. The molecule has 1 aliphatic heterocycles. The van der Waals surface area contributed by atoms with Crippen LogP contribution < -0.4 is 5.32 Å². The van der Waals surface area contributed by atoms with Crippen molar-refractivity contribution >= 4 is 46.7 Å². The Morgan fingerprint density at radius 2 is 1.41 bits per heavy atom. The van der Waals surface area contributed by atoms with E-state index >= 15 is 0 Å². The van der Waals surface area contributed by atoms with Gasteiger partial charge in [-0.05, 0) is 36.1 Å². The fourth-order valence-corrected chi connectivity index (χ4v) is 6.94. The summed E-state index contributed by atoms with van der Waals surface area (Å²) in [5.74, 6) is -2.78. The second-order valence-electron chi connectivity index (χ2n) is 9.00. The third-order valence-corrected chi connectivity index (χ3v) is 8.55. The van der Waals surface area contributed by atoms with Crippen molar-refractivity contribution in [3.63, 3.8) is 0 Å². The summed E-state index contributed by atoms with van der Waals surface area (Å²) in [6.07, 6.45) is 0. The highest BCUT2D eigenvalue weighted by atomic mass is 35.5. The number of imide groups is 1. The molecule has 4 aliphatic rings. The topological polar surface area (TPSA) is 92.5 Å². The molecule has 3 aliphatic carbocycles. The Morgan fingerprint density at radius 1 is 0.971 bits per heavy atom. The summed E-state index contributed by atoms with van der Waals surface area (Å²) in [5.41, 5.74) is 2.85. The second kappa shape index (κ2) is 6.93. The minimum atomic E-state index is -1.28. The lowest BCUT2D eigenvalue weighted by molar-refractivity contribution is -0.146. The molecule has 172 valence electrons. The number of carbonyl (C=O) groups is 3. The van der Waals surface area contributed by atoms with Gasteiger partial charge in [0.15, 0.2) is 5.82 Å². The van der Waals surface area contributed by atoms with E-state index in [2.05, 4.69) is 10.5 Å². The van der Waals surface area contributed by atoms with Crippen LogP contribution in [0.5, 0.6) is 0 Å². The Bertz CT molecular complexity index is 1280. The fraction of sp³-hybridized carbons (Fsp3) is 0.280. The van der Waals surface area contributed by atoms with Crippen LogP contribution in [-0.4, -0.2) is 33.8 Å². The average Bonchev–Trinajstić information content (AvgIpc) is 3.36. The minimum Gasteiger partial charge on any atom is -0.360 e. The molecule has 3 amide bonds. The zero-order chi connectivity index (χ0) is 24.0. The Morgan fingerprint density at radius 3 is 1.79 bits per heavy atom. The Kier molecular flexibility index (Phi) is 4.36. The molecule has 3 atom stereocenters. The van der Waals surface area contributed by atoms with Gasteiger partial charge < -0.3 is 9.84 Å². The molecule has 34 heavy (non-hydrogen) atoms. The second-order valence-corrected chi connectivity index (χ2v) is 10.2. The van der Waals surface area contributed by atoms with Crippen molar-refractivity contribution in [2.45, 2.75) is 29.6 Å².